The molecule has 3 aromatic rings. The van der Waals surface area contributed by atoms with Gasteiger partial charge >= 0.3 is 0 Å². The molecule has 8 nitrogen and oxygen atoms in total. The van der Waals surface area contributed by atoms with Gasteiger partial charge in [-0.2, -0.15) is 0 Å². The lowest BCUT2D eigenvalue weighted by molar-refractivity contribution is 0.0958. The van der Waals surface area contributed by atoms with Gasteiger partial charge in [-0.3, -0.25) is 14.4 Å². The lowest BCUT2D eigenvalue weighted by Crippen LogP contribution is -2.50. The first-order valence-corrected chi connectivity index (χ1v) is 12.1. The molecule has 0 aliphatic carbocycles. The third kappa shape index (κ3) is 5.80. The van der Waals surface area contributed by atoms with Crippen molar-refractivity contribution >= 4 is 23.2 Å². The molecule has 1 atom stereocenters. The van der Waals surface area contributed by atoms with Crippen LogP contribution in [-0.4, -0.2) is 61.5 Å². The summed E-state index contributed by atoms with van der Waals surface area (Å²) in [5.74, 6) is -3.17. The van der Waals surface area contributed by atoms with Gasteiger partial charge in [-0.05, 0) is 43.8 Å². The number of likely N-dealkylation sites (N-methyl/N-ethyl adjacent to an activating group) is 1. The summed E-state index contributed by atoms with van der Waals surface area (Å²) in [6.07, 6.45) is -2.19. The van der Waals surface area contributed by atoms with E-state index in [4.69, 9.17) is 0 Å². The number of hydrogen-bond donors (Lipinski definition) is 3. The molecule has 1 fully saturated rings. The first-order chi connectivity index (χ1) is 18.5. The fourth-order valence-electron chi connectivity index (χ4n) is 4.47. The number of amides is 2. The molecule has 1 aliphatic rings. The van der Waals surface area contributed by atoms with Gasteiger partial charge in [0.05, 0.1) is 22.5 Å². The van der Waals surface area contributed by atoms with E-state index in [1.807, 2.05) is 18.9 Å². The number of anilines is 2. The second-order valence-corrected chi connectivity index (χ2v) is 9.32. The molecule has 39 heavy (non-hydrogen) atoms. The third-order valence-corrected chi connectivity index (χ3v) is 6.82. The van der Waals surface area contributed by atoms with Crippen molar-refractivity contribution in [2.45, 2.75) is 19.4 Å². The number of hydrogen-bond acceptors (Lipinski definition) is 5. The number of carbonyl (C=O) groups excluding carboxylic acids is 2. The molecule has 0 saturated carbocycles. The lowest BCUT2D eigenvalue weighted by Gasteiger charge is -2.39. The van der Waals surface area contributed by atoms with Crippen LogP contribution in [0.3, 0.4) is 0 Å². The van der Waals surface area contributed by atoms with Crippen LogP contribution >= 0.6 is 0 Å². The van der Waals surface area contributed by atoms with E-state index in [0.29, 0.717) is 31.4 Å². The van der Waals surface area contributed by atoms with E-state index in [2.05, 4.69) is 20.5 Å². The summed E-state index contributed by atoms with van der Waals surface area (Å²) < 4.78 is 57.3. The number of benzene rings is 2. The highest BCUT2D eigenvalue weighted by Gasteiger charge is 2.26. The standard InChI is InChI=1S/C27H27F4N5O3/c1-14-13-36(7-6-35(14)3)23-11-21(29)17(15-4-5-16(20(28)8-15)26(38)32-2)9-22(23)34-27(39)19-12-33-24(37)10-18(19)25(30)31/h4-5,8-12,14,25H,6-7,13H2,1-3H3,(H,32,38)(H,33,37)(H,34,39)/t14-/m0/s1. The number of aromatic amines is 1. The Kier molecular flexibility index (Phi) is 8.05. The van der Waals surface area contributed by atoms with Gasteiger partial charge in [-0.25, -0.2) is 17.6 Å². The topological polar surface area (TPSA) is 97.5 Å². The second kappa shape index (κ2) is 11.3. The molecule has 2 amide bonds. The van der Waals surface area contributed by atoms with Crippen LogP contribution in [0, 0.1) is 11.6 Å². The van der Waals surface area contributed by atoms with Gasteiger partial charge in [-0.15, -0.1) is 0 Å². The SMILES string of the molecule is CNC(=O)c1ccc(-c2cc(NC(=O)c3c[nH]c(=O)cc3C(F)F)c(N3CCN(C)[C@@H](C)C3)cc2F)cc1F. The van der Waals surface area contributed by atoms with Crippen LogP contribution in [0.1, 0.15) is 39.6 Å². The zero-order valence-corrected chi connectivity index (χ0v) is 21.4. The van der Waals surface area contributed by atoms with E-state index in [9.17, 15) is 27.6 Å². The number of nitrogens with zero attached hydrogens (tertiary/aromatic N) is 2. The molecule has 3 N–H and O–H groups in total. The van der Waals surface area contributed by atoms with Crippen LogP contribution < -0.4 is 21.1 Å². The smallest absolute Gasteiger partial charge is 0.264 e. The van der Waals surface area contributed by atoms with Gasteiger partial charge in [0.1, 0.15) is 11.6 Å². The van der Waals surface area contributed by atoms with E-state index in [0.717, 1.165) is 12.3 Å². The average Bonchev–Trinajstić information content (AvgIpc) is 2.90. The molecule has 1 saturated heterocycles. The Morgan fingerprint density at radius 1 is 1.03 bits per heavy atom. The van der Waals surface area contributed by atoms with E-state index in [1.165, 1.54) is 31.3 Å². The number of aromatic nitrogens is 1. The number of H-pyrrole nitrogens is 1. The number of piperazine rings is 1. The number of carbonyl (C=O) groups is 2. The highest BCUT2D eigenvalue weighted by Crippen LogP contribution is 2.36. The highest BCUT2D eigenvalue weighted by atomic mass is 19.3. The number of alkyl halides is 2. The molecule has 0 bridgehead atoms. The van der Waals surface area contributed by atoms with Gasteiger partial charge in [0.2, 0.25) is 5.56 Å². The lowest BCUT2D eigenvalue weighted by atomic mass is 10.00. The fourth-order valence-corrected chi connectivity index (χ4v) is 4.47. The summed E-state index contributed by atoms with van der Waals surface area (Å²) in [6.45, 7) is 3.63. The van der Waals surface area contributed by atoms with Crippen LogP contribution in [0.5, 0.6) is 0 Å². The Hall–Kier alpha value is -4.19. The minimum absolute atomic E-state index is 0.0749. The number of nitrogens with one attached hydrogen (secondary N) is 3. The zero-order valence-electron chi connectivity index (χ0n) is 21.4. The van der Waals surface area contributed by atoms with Gasteiger partial charge < -0.3 is 25.4 Å². The van der Waals surface area contributed by atoms with Crippen molar-refractivity contribution in [3.8, 4) is 11.1 Å². The predicted molar refractivity (Wildman–Crippen MR) is 139 cm³/mol. The Bertz CT molecular complexity index is 1480. The summed E-state index contributed by atoms with van der Waals surface area (Å²) in [7, 11) is 3.30. The third-order valence-electron chi connectivity index (χ3n) is 6.82. The molecular weight excluding hydrogens is 518 g/mol. The van der Waals surface area contributed by atoms with Crippen molar-refractivity contribution in [3.63, 3.8) is 0 Å². The first kappa shape index (κ1) is 27.8. The van der Waals surface area contributed by atoms with Crippen molar-refractivity contribution in [1.82, 2.24) is 15.2 Å². The average molecular weight is 546 g/mol. The molecule has 1 aliphatic heterocycles. The van der Waals surface area contributed by atoms with Crippen molar-refractivity contribution in [2.75, 3.05) is 43.9 Å². The monoisotopic (exact) mass is 545 g/mol. The molecule has 0 unspecified atom stereocenters. The molecule has 2 heterocycles. The minimum Gasteiger partial charge on any atom is -0.367 e. The van der Waals surface area contributed by atoms with Crippen molar-refractivity contribution in [3.05, 3.63) is 81.3 Å². The van der Waals surface area contributed by atoms with Crippen LogP contribution in [-0.2, 0) is 0 Å². The van der Waals surface area contributed by atoms with Crippen LogP contribution in [0.4, 0.5) is 28.9 Å². The largest absolute Gasteiger partial charge is 0.367 e. The summed E-state index contributed by atoms with van der Waals surface area (Å²) in [5, 5.41) is 4.90. The molecule has 1 aromatic heterocycles. The maximum Gasteiger partial charge on any atom is 0.264 e. The molecule has 0 radical (unpaired) electrons. The number of rotatable bonds is 6. The van der Waals surface area contributed by atoms with E-state index in [1.54, 1.807) is 0 Å². The second-order valence-electron chi connectivity index (χ2n) is 9.32. The number of pyridine rings is 1. The van der Waals surface area contributed by atoms with E-state index < -0.39 is 46.6 Å². The Morgan fingerprint density at radius 2 is 1.77 bits per heavy atom. The van der Waals surface area contributed by atoms with E-state index in [-0.39, 0.29) is 28.4 Å². The summed E-state index contributed by atoms with van der Waals surface area (Å²) >= 11 is 0. The number of halogens is 4. The predicted octanol–water partition coefficient (Wildman–Crippen LogP) is 4.01. The normalized spacial score (nSPS) is 15.9. The van der Waals surface area contributed by atoms with Crippen LogP contribution in [0.25, 0.3) is 11.1 Å². The van der Waals surface area contributed by atoms with Crippen molar-refractivity contribution < 1.29 is 27.2 Å². The van der Waals surface area contributed by atoms with Gasteiger partial charge in [0, 0.05) is 56.1 Å². The Morgan fingerprint density at radius 3 is 2.41 bits per heavy atom. The maximum atomic E-state index is 15.5. The first-order valence-electron chi connectivity index (χ1n) is 12.1. The van der Waals surface area contributed by atoms with Crippen LogP contribution in [0.15, 0.2) is 47.4 Å². The maximum absolute atomic E-state index is 15.5. The van der Waals surface area contributed by atoms with Crippen LogP contribution in [0.2, 0.25) is 0 Å². The molecular formula is C27H27F4N5O3. The fraction of sp³-hybridized carbons (Fsp3) is 0.296. The van der Waals surface area contributed by atoms with Gasteiger partial charge in [0.15, 0.2) is 0 Å². The molecule has 0 spiro atoms. The Labute approximate surface area is 221 Å². The summed E-state index contributed by atoms with van der Waals surface area (Å²) in [5.41, 5.74) is -1.77. The van der Waals surface area contributed by atoms with E-state index >= 15 is 4.39 Å². The highest BCUT2D eigenvalue weighted by molar-refractivity contribution is 6.07. The molecule has 206 valence electrons. The van der Waals surface area contributed by atoms with Crippen molar-refractivity contribution in [2.24, 2.45) is 0 Å². The summed E-state index contributed by atoms with van der Waals surface area (Å²) in [6, 6.07) is 6.83. The molecule has 12 heteroatoms. The van der Waals surface area contributed by atoms with Gasteiger partial charge in [0.25, 0.3) is 18.2 Å². The molecule has 4 rings (SSSR count). The Balaban J connectivity index is 1.80. The zero-order chi connectivity index (χ0) is 28.4. The molecule has 2 aromatic carbocycles. The summed E-state index contributed by atoms with van der Waals surface area (Å²) in [4.78, 5) is 42.8. The quantitative estimate of drug-likeness (QED) is 0.407. The minimum atomic E-state index is -3.09. The van der Waals surface area contributed by atoms with Gasteiger partial charge in [-0.1, -0.05) is 6.07 Å². The van der Waals surface area contributed by atoms with Crippen molar-refractivity contribution in [1.29, 1.82) is 0 Å².